The van der Waals surface area contributed by atoms with Gasteiger partial charge in [0.15, 0.2) is 0 Å². The molecule has 1 saturated carbocycles. The molecule has 1 aliphatic carbocycles. The molecule has 0 aromatic carbocycles. The van der Waals surface area contributed by atoms with Gasteiger partial charge in [-0.2, -0.15) is 0 Å². The summed E-state index contributed by atoms with van der Waals surface area (Å²) in [5.74, 6) is 1.84. The summed E-state index contributed by atoms with van der Waals surface area (Å²) in [6.45, 7) is 3.17. The van der Waals surface area contributed by atoms with Crippen LogP contribution < -0.4 is 5.73 Å². The van der Waals surface area contributed by atoms with Crippen LogP contribution in [0.25, 0.3) is 0 Å². The molecule has 1 rings (SSSR count). The van der Waals surface area contributed by atoms with Crippen molar-refractivity contribution in [2.45, 2.75) is 39.0 Å². The Hall–Kier alpha value is -0.0400. The highest BCUT2D eigenvalue weighted by molar-refractivity contribution is 4.77. The van der Waals surface area contributed by atoms with E-state index in [1.54, 1.807) is 0 Å². The normalized spacial score (nSPS) is 22.2. The molecule has 0 bridgehead atoms. The molecule has 0 aliphatic heterocycles. The third-order valence-corrected chi connectivity index (χ3v) is 2.78. The van der Waals surface area contributed by atoms with E-state index in [1.165, 1.54) is 32.1 Å². The predicted octanol–water partition coefficient (Wildman–Crippen LogP) is 2.16. The van der Waals surface area contributed by atoms with Crippen LogP contribution in [0.5, 0.6) is 0 Å². The zero-order valence-electron chi connectivity index (χ0n) is 6.97. The van der Waals surface area contributed by atoms with Gasteiger partial charge in [-0.15, -0.1) is 0 Å². The van der Waals surface area contributed by atoms with E-state index >= 15 is 0 Å². The quantitative estimate of drug-likeness (QED) is 0.638. The molecule has 1 atom stereocenters. The summed E-state index contributed by atoms with van der Waals surface area (Å²) >= 11 is 0. The first-order chi connectivity index (χ1) is 4.88. The van der Waals surface area contributed by atoms with Crippen molar-refractivity contribution in [3.8, 4) is 0 Å². The third kappa shape index (κ3) is 1.72. The summed E-state index contributed by atoms with van der Waals surface area (Å²) in [5, 5.41) is 0. The highest BCUT2D eigenvalue weighted by atomic mass is 14.6. The Balaban J connectivity index is 2.17. The summed E-state index contributed by atoms with van der Waals surface area (Å²) in [6, 6.07) is 0. The van der Waals surface area contributed by atoms with E-state index in [0.29, 0.717) is 0 Å². The molecule has 0 heterocycles. The van der Waals surface area contributed by atoms with Gasteiger partial charge in [-0.3, -0.25) is 0 Å². The number of hydrogen-bond donors (Lipinski definition) is 1. The Morgan fingerprint density at radius 1 is 1.50 bits per heavy atom. The van der Waals surface area contributed by atoms with Gasteiger partial charge in [0.25, 0.3) is 0 Å². The molecule has 1 aliphatic rings. The van der Waals surface area contributed by atoms with Gasteiger partial charge in [-0.1, -0.05) is 32.6 Å². The molecule has 2 N–H and O–H groups in total. The zero-order valence-corrected chi connectivity index (χ0v) is 6.97. The van der Waals surface area contributed by atoms with E-state index in [2.05, 4.69) is 6.92 Å². The maximum atomic E-state index is 5.67. The monoisotopic (exact) mass is 141 g/mol. The van der Waals surface area contributed by atoms with Crippen LogP contribution in [0.2, 0.25) is 0 Å². The topological polar surface area (TPSA) is 26.0 Å². The fraction of sp³-hybridized carbons (Fsp3) is 1.00. The van der Waals surface area contributed by atoms with Crippen LogP contribution in [0, 0.1) is 11.8 Å². The molecule has 0 amide bonds. The molecule has 0 spiro atoms. The lowest BCUT2D eigenvalue weighted by atomic mass is 9.74. The predicted molar refractivity (Wildman–Crippen MR) is 44.8 cm³/mol. The minimum atomic E-state index is 0.846. The average Bonchev–Trinajstić information content (AvgIpc) is 1.83. The summed E-state index contributed by atoms with van der Waals surface area (Å²) in [4.78, 5) is 0. The van der Waals surface area contributed by atoms with Crippen molar-refractivity contribution in [3.05, 3.63) is 0 Å². The molecule has 10 heavy (non-hydrogen) atoms. The van der Waals surface area contributed by atoms with Crippen molar-refractivity contribution in [3.63, 3.8) is 0 Å². The Bertz CT molecular complexity index is 86.7. The van der Waals surface area contributed by atoms with Gasteiger partial charge in [0.2, 0.25) is 0 Å². The van der Waals surface area contributed by atoms with Crippen molar-refractivity contribution >= 4 is 0 Å². The second-order valence-corrected chi connectivity index (χ2v) is 3.48. The van der Waals surface area contributed by atoms with E-state index in [1.807, 2.05) is 0 Å². The summed E-state index contributed by atoms with van der Waals surface area (Å²) in [5.41, 5.74) is 5.67. The van der Waals surface area contributed by atoms with Crippen LogP contribution in [-0.4, -0.2) is 6.54 Å². The van der Waals surface area contributed by atoms with Crippen LogP contribution >= 0.6 is 0 Å². The Kier molecular flexibility index (Phi) is 3.20. The van der Waals surface area contributed by atoms with E-state index < -0.39 is 0 Å². The van der Waals surface area contributed by atoms with Crippen molar-refractivity contribution in [2.75, 3.05) is 6.54 Å². The van der Waals surface area contributed by atoms with Crippen LogP contribution in [0.3, 0.4) is 0 Å². The first-order valence-electron chi connectivity index (χ1n) is 4.58. The Morgan fingerprint density at radius 2 is 2.20 bits per heavy atom. The van der Waals surface area contributed by atoms with Crippen LogP contribution in [0.4, 0.5) is 0 Å². The van der Waals surface area contributed by atoms with Crippen molar-refractivity contribution in [1.29, 1.82) is 0 Å². The van der Waals surface area contributed by atoms with E-state index in [9.17, 15) is 0 Å². The number of rotatable bonds is 4. The van der Waals surface area contributed by atoms with Gasteiger partial charge in [0.05, 0.1) is 0 Å². The SMILES string of the molecule is CCC[C@@H](CN)C1CCC1. The molecule has 60 valence electrons. The fourth-order valence-corrected chi connectivity index (χ4v) is 1.83. The molecule has 0 aromatic heterocycles. The second kappa shape index (κ2) is 3.97. The van der Waals surface area contributed by atoms with E-state index in [-0.39, 0.29) is 0 Å². The van der Waals surface area contributed by atoms with Gasteiger partial charge in [-0.25, -0.2) is 0 Å². The van der Waals surface area contributed by atoms with Gasteiger partial charge >= 0.3 is 0 Å². The van der Waals surface area contributed by atoms with Crippen molar-refractivity contribution < 1.29 is 0 Å². The fourth-order valence-electron chi connectivity index (χ4n) is 1.83. The molecule has 0 unspecified atom stereocenters. The molecule has 0 aromatic rings. The average molecular weight is 141 g/mol. The van der Waals surface area contributed by atoms with Gasteiger partial charge < -0.3 is 5.73 Å². The molecule has 1 nitrogen and oxygen atoms in total. The van der Waals surface area contributed by atoms with Gasteiger partial charge in [0, 0.05) is 0 Å². The lowest BCUT2D eigenvalue weighted by molar-refractivity contribution is 0.200. The maximum Gasteiger partial charge on any atom is -0.00462 e. The zero-order chi connectivity index (χ0) is 7.40. The van der Waals surface area contributed by atoms with Gasteiger partial charge in [-0.05, 0) is 24.8 Å². The molecule has 0 radical (unpaired) electrons. The lowest BCUT2D eigenvalue weighted by Gasteiger charge is -2.32. The lowest BCUT2D eigenvalue weighted by Crippen LogP contribution is -2.28. The molecule has 1 fully saturated rings. The minimum Gasteiger partial charge on any atom is -0.330 e. The highest BCUT2D eigenvalue weighted by Gasteiger charge is 2.24. The van der Waals surface area contributed by atoms with E-state index in [4.69, 9.17) is 5.73 Å². The first kappa shape index (κ1) is 8.06. The largest absolute Gasteiger partial charge is 0.330 e. The van der Waals surface area contributed by atoms with Crippen LogP contribution in [-0.2, 0) is 0 Å². The van der Waals surface area contributed by atoms with E-state index in [0.717, 1.165) is 18.4 Å². The minimum absolute atomic E-state index is 0.846. The smallest absolute Gasteiger partial charge is 0.00462 e. The third-order valence-electron chi connectivity index (χ3n) is 2.78. The first-order valence-corrected chi connectivity index (χ1v) is 4.58. The number of nitrogens with two attached hydrogens (primary N) is 1. The second-order valence-electron chi connectivity index (χ2n) is 3.48. The summed E-state index contributed by atoms with van der Waals surface area (Å²) < 4.78 is 0. The maximum absolute atomic E-state index is 5.67. The molecular weight excluding hydrogens is 122 g/mol. The number of hydrogen-bond acceptors (Lipinski definition) is 1. The van der Waals surface area contributed by atoms with Crippen LogP contribution in [0.15, 0.2) is 0 Å². The van der Waals surface area contributed by atoms with Crippen LogP contribution in [0.1, 0.15) is 39.0 Å². The van der Waals surface area contributed by atoms with Crippen molar-refractivity contribution in [1.82, 2.24) is 0 Å². The Labute approximate surface area is 64.0 Å². The molecular formula is C9H19N. The highest BCUT2D eigenvalue weighted by Crippen LogP contribution is 2.34. The Morgan fingerprint density at radius 3 is 2.50 bits per heavy atom. The van der Waals surface area contributed by atoms with Crippen molar-refractivity contribution in [2.24, 2.45) is 17.6 Å². The summed E-state index contributed by atoms with van der Waals surface area (Å²) in [6.07, 6.45) is 6.99. The van der Waals surface area contributed by atoms with Gasteiger partial charge in [0.1, 0.15) is 0 Å². The molecule has 0 saturated heterocycles. The standard InChI is InChI=1S/C9H19N/c1-2-4-9(7-10)8-5-3-6-8/h8-9H,2-7,10H2,1H3/t9-/m0/s1. The summed E-state index contributed by atoms with van der Waals surface area (Å²) in [7, 11) is 0. The molecule has 1 heteroatoms.